The van der Waals surface area contributed by atoms with Gasteiger partial charge in [0.15, 0.2) is 4.91 Å². The number of nitrogens with zero attached hydrogens (tertiary/aromatic N) is 1. The number of nitrogens with one attached hydrogen (secondary N) is 1. The quantitative estimate of drug-likeness (QED) is 0.629. The summed E-state index contributed by atoms with van der Waals surface area (Å²) < 4.78 is 28.7. The van der Waals surface area contributed by atoms with Gasteiger partial charge in [-0.05, 0) is 36.6 Å². The van der Waals surface area contributed by atoms with Crippen LogP contribution in [0.15, 0.2) is 83.8 Å². The van der Waals surface area contributed by atoms with Gasteiger partial charge in [-0.1, -0.05) is 73.7 Å². The Bertz CT molecular complexity index is 1260. The van der Waals surface area contributed by atoms with Crippen molar-refractivity contribution in [2.75, 3.05) is 16.2 Å². The van der Waals surface area contributed by atoms with Crippen LogP contribution in [0.1, 0.15) is 30.5 Å². The average Bonchev–Trinajstić information content (AvgIpc) is 2.78. The molecule has 0 radical (unpaired) electrons. The van der Waals surface area contributed by atoms with E-state index >= 15 is 0 Å². The third-order valence-corrected chi connectivity index (χ3v) is 7.36. The fraction of sp³-hybridized carbons (Fsp3) is 0.160. The highest BCUT2D eigenvalue weighted by molar-refractivity contribution is 7.97. The molecule has 0 atom stereocenters. The van der Waals surface area contributed by atoms with Crippen LogP contribution in [0.4, 0.5) is 11.4 Å². The molecular formula is C25H24N2O3S. The number of aryl methyl sites for hydroxylation is 1. The number of hydrogen-bond acceptors (Lipinski definition) is 3. The Morgan fingerprint density at radius 2 is 1.52 bits per heavy atom. The first-order chi connectivity index (χ1) is 15.0. The van der Waals surface area contributed by atoms with E-state index in [1.165, 1.54) is 4.31 Å². The Kier molecular flexibility index (Phi) is 5.65. The molecule has 0 aromatic heterocycles. The molecule has 0 saturated heterocycles. The number of hydrogen-bond donors (Lipinski definition) is 1. The fourth-order valence-corrected chi connectivity index (χ4v) is 5.74. The summed E-state index contributed by atoms with van der Waals surface area (Å²) in [6.07, 6.45) is 0.720. The lowest BCUT2D eigenvalue weighted by Crippen LogP contribution is -2.39. The Morgan fingerprint density at radius 1 is 0.871 bits per heavy atom. The second-order valence-corrected chi connectivity index (χ2v) is 9.02. The summed E-state index contributed by atoms with van der Waals surface area (Å²) in [7, 11) is -4.06. The molecule has 0 bridgehead atoms. The number of carbonyl (C=O) groups is 1. The van der Waals surface area contributed by atoms with Gasteiger partial charge in [-0.25, -0.2) is 8.42 Å². The molecule has 0 aliphatic carbocycles. The van der Waals surface area contributed by atoms with Gasteiger partial charge in [0, 0.05) is 23.4 Å². The van der Waals surface area contributed by atoms with E-state index in [9.17, 15) is 13.2 Å². The van der Waals surface area contributed by atoms with E-state index in [4.69, 9.17) is 0 Å². The van der Waals surface area contributed by atoms with Crippen LogP contribution in [0.3, 0.4) is 0 Å². The second kappa shape index (κ2) is 8.40. The first-order valence-corrected chi connectivity index (χ1v) is 11.7. The minimum Gasteiger partial charge on any atom is -0.321 e. The minimum atomic E-state index is -4.06. The minimum absolute atomic E-state index is 0.226. The van der Waals surface area contributed by atoms with Crippen molar-refractivity contribution in [3.63, 3.8) is 0 Å². The van der Waals surface area contributed by atoms with Crippen molar-refractivity contribution in [1.29, 1.82) is 0 Å². The predicted octanol–water partition coefficient (Wildman–Crippen LogP) is 4.82. The van der Waals surface area contributed by atoms with Crippen molar-refractivity contribution < 1.29 is 13.2 Å². The summed E-state index contributed by atoms with van der Waals surface area (Å²) in [5.41, 5.74) is 3.97. The maximum atomic E-state index is 13.7. The Balaban J connectivity index is 1.98. The van der Waals surface area contributed by atoms with Crippen molar-refractivity contribution in [2.24, 2.45) is 0 Å². The van der Waals surface area contributed by atoms with Crippen LogP contribution < -0.4 is 9.62 Å². The van der Waals surface area contributed by atoms with Gasteiger partial charge in [-0.15, -0.1) is 0 Å². The smallest absolute Gasteiger partial charge is 0.270 e. The topological polar surface area (TPSA) is 66.5 Å². The molecule has 31 heavy (non-hydrogen) atoms. The molecule has 1 amide bonds. The largest absolute Gasteiger partial charge is 0.321 e. The fourth-order valence-electron chi connectivity index (χ4n) is 3.99. The number of fused-ring (bicyclic) bond motifs is 1. The molecular weight excluding hydrogens is 408 g/mol. The summed E-state index contributed by atoms with van der Waals surface area (Å²) in [5.74, 6) is -0.632. The number of amides is 1. The summed E-state index contributed by atoms with van der Waals surface area (Å²) in [4.78, 5) is 13.3. The maximum absolute atomic E-state index is 13.7. The van der Waals surface area contributed by atoms with Crippen LogP contribution >= 0.6 is 0 Å². The zero-order chi connectivity index (χ0) is 22.0. The number of benzene rings is 3. The number of anilines is 2. The van der Waals surface area contributed by atoms with E-state index in [0.717, 1.165) is 17.5 Å². The Labute approximate surface area is 183 Å². The van der Waals surface area contributed by atoms with Crippen molar-refractivity contribution in [3.05, 3.63) is 100 Å². The highest BCUT2D eigenvalue weighted by atomic mass is 32.2. The Morgan fingerprint density at radius 3 is 2.23 bits per heavy atom. The van der Waals surface area contributed by atoms with Gasteiger partial charge in [0.05, 0.1) is 5.69 Å². The number of sulfonamides is 1. The van der Waals surface area contributed by atoms with Gasteiger partial charge in [0.25, 0.3) is 15.9 Å². The molecule has 1 aliphatic rings. The summed E-state index contributed by atoms with van der Waals surface area (Å²) in [5, 5.41) is 2.86. The number of para-hydroxylation sites is 2. The van der Waals surface area contributed by atoms with E-state index in [1.807, 2.05) is 73.7 Å². The van der Waals surface area contributed by atoms with Gasteiger partial charge in [-0.3, -0.25) is 9.10 Å². The van der Waals surface area contributed by atoms with E-state index in [2.05, 4.69) is 5.32 Å². The molecule has 4 rings (SSSR count). The highest BCUT2D eigenvalue weighted by Crippen LogP contribution is 2.42. The SMILES string of the molecule is CCc1ccccc1NC(=O)C1=C(c2ccccc2)c2ccccc2N(CC)S1(=O)=O. The van der Waals surface area contributed by atoms with Gasteiger partial charge in [0.1, 0.15) is 0 Å². The first-order valence-electron chi connectivity index (χ1n) is 10.3. The number of carbonyl (C=O) groups excluding carboxylic acids is 1. The molecule has 158 valence electrons. The second-order valence-electron chi connectivity index (χ2n) is 7.22. The van der Waals surface area contributed by atoms with Crippen LogP contribution in [0.5, 0.6) is 0 Å². The third-order valence-electron chi connectivity index (χ3n) is 5.42. The summed E-state index contributed by atoms with van der Waals surface area (Å²) in [6, 6.07) is 23.9. The molecule has 0 unspecified atom stereocenters. The van der Waals surface area contributed by atoms with Gasteiger partial charge in [0.2, 0.25) is 0 Å². The number of rotatable bonds is 5. The lowest BCUT2D eigenvalue weighted by atomic mass is 9.95. The Hall–Kier alpha value is -3.38. The molecule has 1 heterocycles. The normalized spacial score (nSPS) is 14.8. The van der Waals surface area contributed by atoms with Crippen molar-refractivity contribution in [1.82, 2.24) is 0 Å². The highest BCUT2D eigenvalue weighted by Gasteiger charge is 2.40. The molecule has 0 fully saturated rings. The molecule has 1 N–H and O–H groups in total. The van der Waals surface area contributed by atoms with Gasteiger partial charge in [-0.2, -0.15) is 0 Å². The van der Waals surface area contributed by atoms with Crippen LogP contribution in [0.2, 0.25) is 0 Å². The molecule has 0 saturated carbocycles. The zero-order valence-corrected chi connectivity index (χ0v) is 18.3. The zero-order valence-electron chi connectivity index (χ0n) is 17.5. The lowest BCUT2D eigenvalue weighted by Gasteiger charge is -2.32. The third kappa shape index (κ3) is 3.64. The average molecular weight is 433 g/mol. The van der Waals surface area contributed by atoms with Crippen LogP contribution in [-0.2, 0) is 21.2 Å². The maximum Gasteiger partial charge on any atom is 0.270 e. The summed E-state index contributed by atoms with van der Waals surface area (Å²) >= 11 is 0. The van der Waals surface area contributed by atoms with Crippen LogP contribution in [0.25, 0.3) is 5.57 Å². The van der Waals surface area contributed by atoms with Crippen molar-refractivity contribution in [3.8, 4) is 0 Å². The first kappa shape index (κ1) is 20.9. The molecule has 5 nitrogen and oxygen atoms in total. The molecule has 3 aromatic rings. The standard InChI is InChI=1S/C25H24N2O3S/c1-3-18-12-8-10-16-21(18)26-25(28)24-23(19-13-6-5-7-14-19)20-15-9-11-17-22(20)27(4-2)31(24,29)30/h5-17H,3-4H2,1-2H3,(H,26,28). The molecule has 1 aliphatic heterocycles. The van der Waals surface area contributed by atoms with E-state index in [1.54, 1.807) is 19.1 Å². The summed E-state index contributed by atoms with van der Waals surface area (Å²) in [6.45, 7) is 3.99. The molecule has 6 heteroatoms. The monoisotopic (exact) mass is 432 g/mol. The van der Waals surface area contributed by atoms with E-state index in [-0.39, 0.29) is 11.4 Å². The van der Waals surface area contributed by atoms with Gasteiger partial charge < -0.3 is 5.32 Å². The predicted molar refractivity (Wildman–Crippen MR) is 125 cm³/mol. The van der Waals surface area contributed by atoms with Crippen molar-refractivity contribution >= 4 is 32.9 Å². The van der Waals surface area contributed by atoms with Crippen LogP contribution in [0, 0.1) is 0 Å². The van der Waals surface area contributed by atoms with Crippen LogP contribution in [-0.4, -0.2) is 20.9 Å². The van der Waals surface area contributed by atoms with Gasteiger partial charge >= 0.3 is 0 Å². The lowest BCUT2D eigenvalue weighted by molar-refractivity contribution is -0.112. The van der Waals surface area contributed by atoms with Crippen molar-refractivity contribution in [2.45, 2.75) is 20.3 Å². The molecule has 3 aromatic carbocycles. The molecule has 0 spiro atoms. The van der Waals surface area contributed by atoms with E-state index < -0.39 is 15.9 Å². The van der Waals surface area contributed by atoms with E-state index in [0.29, 0.717) is 22.5 Å².